The molecule has 3 saturated carbocycles. The van der Waals surface area contributed by atoms with Gasteiger partial charge in [0.05, 0.1) is 0 Å². The lowest BCUT2D eigenvalue weighted by Crippen LogP contribution is -2.31. The molecule has 1 amide bonds. The molecule has 6 heteroatoms. The van der Waals surface area contributed by atoms with Gasteiger partial charge in [-0.05, 0) is 68.3 Å². The molecule has 21 heavy (non-hydrogen) atoms. The number of amides is 1. The van der Waals surface area contributed by atoms with E-state index in [0.29, 0.717) is 17.4 Å². The Balaban J connectivity index is 1.50. The van der Waals surface area contributed by atoms with E-state index >= 15 is 0 Å². The molecule has 3 aliphatic carbocycles. The molecule has 0 spiro atoms. The zero-order valence-corrected chi connectivity index (χ0v) is 13.2. The number of nitrogens with one attached hydrogen (secondary N) is 2. The normalized spacial score (nSPS) is 35.9. The fraction of sp³-hybridized carbons (Fsp3) is 0.733. The Labute approximate surface area is 128 Å². The van der Waals surface area contributed by atoms with E-state index in [-0.39, 0.29) is 11.9 Å². The maximum atomic E-state index is 12.3. The highest BCUT2D eigenvalue weighted by molar-refractivity contribution is 7.11. The number of nitrogens with zero attached hydrogens (tertiary/aromatic N) is 1. The summed E-state index contributed by atoms with van der Waals surface area (Å²) in [6.07, 6.45) is 4.23. The molecule has 0 radical (unpaired) electrons. The zero-order valence-electron chi connectivity index (χ0n) is 12.4. The van der Waals surface area contributed by atoms with Crippen molar-refractivity contribution in [2.45, 2.75) is 45.2 Å². The summed E-state index contributed by atoms with van der Waals surface area (Å²) in [6.45, 7) is 3.90. The Morgan fingerprint density at radius 2 is 2.00 bits per heavy atom. The maximum absolute atomic E-state index is 12.3. The molecule has 5 nitrogen and oxygen atoms in total. The van der Waals surface area contributed by atoms with E-state index in [9.17, 15) is 4.79 Å². The highest BCUT2D eigenvalue weighted by atomic mass is 32.1. The summed E-state index contributed by atoms with van der Waals surface area (Å²) in [5, 5.41) is 7.34. The monoisotopic (exact) mass is 306 g/mol. The van der Waals surface area contributed by atoms with Crippen molar-refractivity contribution in [1.82, 2.24) is 9.69 Å². The molecular formula is C15H22N4OS. The number of anilines is 2. The van der Waals surface area contributed by atoms with E-state index in [1.807, 2.05) is 13.8 Å². The smallest absolute Gasteiger partial charge is 0.258 e. The average Bonchev–Trinajstić information content (AvgIpc) is 2.79. The van der Waals surface area contributed by atoms with Gasteiger partial charge in [-0.3, -0.25) is 4.79 Å². The van der Waals surface area contributed by atoms with Crippen molar-refractivity contribution in [1.29, 1.82) is 0 Å². The number of hydrogen-bond donors (Lipinski definition) is 3. The van der Waals surface area contributed by atoms with Gasteiger partial charge < -0.3 is 16.4 Å². The van der Waals surface area contributed by atoms with Crippen LogP contribution in [0.4, 0.5) is 10.8 Å². The Morgan fingerprint density at radius 3 is 2.62 bits per heavy atom. The van der Waals surface area contributed by atoms with Crippen LogP contribution in [0.3, 0.4) is 0 Å². The van der Waals surface area contributed by atoms with E-state index in [1.165, 1.54) is 30.8 Å². The average molecular weight is 306 g/mol. The Morgan fingerprint density at radius 1 is 1.33 bits per heavy atom. The minimum atomic E-state index is -0.118. The van der Waals surface area contributed by atoms with Crippen molar-refractivity contribution in [3.63, 3.8) is 0 Å². The fourth-order valence-electron chi connectivity index (χ4n) is 4.62. The van der Waals surface area contributed by atoms with Gasteiger partial charge in [-0.2, -0.15) is 4.37 Å². The second-order valence-electron chi connectivity index (χ2n) is 7.06. The van der Waals surface area contributed by atoms with Gasteiger partial charge in [-0.1, -0.05) is 0 Å². The summed E-state index contributed by atoms with van der Waals surface area (Å²) in [5.74, 6) is 3.70. The van der Waals surface area contributed by atoms with E-state index < -0.39 is 0 Å². The number of carbonyl (C=O) groups is 1. The number of nitrogens with two attached hydrogens (primary N) is 1. The zero-order chi connectivity index (χ0) is 14.7. The molecule has 3 aliphatic rings. The van der Waals surface area contributed by atoms with Crippen LogP contribution in [0, 0.1) is 23.7 Å². The summed E-state index contributed by atoms with van der Waals surface area (Å²) < 4.78 is 4.17. The van der Waals surface area contributed by atoms with Gasteiger partial charge in [-0.25, -0.2) is 0 Å². The summed E-state index contributed by atoms with van der Waals surface area (Å²) in [4.78, 5) is 12.3. The standard InChI is InChI=1S/C15H22N4OS/c1-6(2)17-14(20)11-13(16)19-21-15(11)18-12-9-7-3-4-8(5-7)10(9)12/h6-10,12,18H,3-5H2,1-2H3,(H2,16,19)(H,17,20). The van der Waals surface area contributed by atoms with Crippen LogP contribution in [0.25, 0.3) is 0 Å². The second kappa shape index (κ2) is 4.60. The van der Waals surface area contributed by atoms with Crippen LogP contribution in [0.2, 0.25) is 0 Å². The van der Waals surface area contributed by atoms with Crippen LogP contribution in [-0.4, -0.2) is 22.4 Å². The van der Waals surface area contributed by atoms with Gasteiger partial charge in [0.25, 0.3) is 5.91 Å². The van der Waals surface area contributed by atoms with E-state index in [2.05, 4.69) is 15.0 Å². The third-order valence-electron chi connectivity index (χ3n) is 5.40. The highest BCUT2D eigenvalue weighted by Crippen LogP contribution is 2.66. The molecule has 1 aromatic rings. The molecule has 1 aromatic heterocycles. The quantitative estimate of drug-likeness (QED) is 0.797. The summed E-state index contributed by atoms with van der Waals surface area (Å²) in [6, 6.07) is 0.641. The first kappa shape index (κ1) is 13.4. The Hall–Kier alpha value is -1.30. The number of hydrogen-bond acceptors (Lipinski definition) is 5. The van der Waals surface area contributed by atoms with Crippen LogP contribution in [0.5, 0.6) is 0 Å². The molecule has 0 aromatic carbocycles. The predicted molar refractivity (Wildman–Crippen MR) is 84.4 cm³/mol. The number of nitrogen functional groups attached to an aromatic ring is 1. The van der Waals surface area contributed by atoms with Crippen LogP contribution in [0.15, 0.2) is 0 Å². The first-order valence-corrected chi connectivity index (χ1v) is 8.66. The topological polar surface area (TPSA) is 80.0 Å². The molecule has 3 fully saturated rings. The van der Waals surface area contributed by atoms with Crippen molar-refractivity contribution in [3.05, 3.63) is 5.56 Å². The van der Waals surface area contributed by atoms with Gasteiger partial charge in [0.2, 0.25) is 0 Å². The van der Waals surface area contributed by atoms with Gasteiger partial charge in [0, 0.05) is 12.1 Å². The first-order chi connectivity index (χ1) is 10.1. The molecule has 2 bridgehead atoms. The highest BCUT2D eigenvalue weighted by Gasteiger charge is 2.65. The summed E-state index contributed by atoms with van der Waals surface area (Å²) in [7, 11) is 0. The number of carbonyl (C=O) groups excluding carboxylic acids is 1. The van der Waals surface area contributed by atoms with Crippen LogP contribution < -0.4 is 16.4 Å². The molecular weight excluding hydrogens is 284 g/mol. The van der Waals surface area contributed by atoms with Gasteiger partial charge in [0.15, 0.2) is 5.82 Å². The SMILES string of the molecule is CC(C)NC(=O)c1c(N)nsc1NC1C2C3CCC(C3)C12. The van der Waals surface area contributed by atoms with Crippen LogP contribution >= 0.6 is 11.5 Å². The third-order valence-corrected chi connectivity index (χ3v) is 6.19. The summed E-state index contributed by atoms with van der Waals surface area (Å²) in [5.41, 5.74) is 6.43. The van der Waals surface area contributed by atoms with Crippen LogP contribution in [0.1, 0.15) is 43.5 Å². The van der Waals surface area contributed by atoms with E-state index in [1.54, 1.807) is 0 Å². The summed E-state index contributed by atoms with van der Waals surface area (Å²) >= 11 is 1.31. The number of fused-ring (bicyclic) bond motifs is 5. The van der Waals surface area contributed by atoms with Crippen molar-refractivity contribution in [2.24, 2.45) is 23.7 Å². The van der Waals surface area contributed by atoms with Gasteiger partial charge in [0.1, 0.15) is 10.6 Å². The Bertz CT molecular complexity index is 568. The van der Waals surface area contributed by atoms with Crippen molar-refractivity contribution in [3.8, 4) is 0 Å². The molecule has 4 unspecified atom stereocenters. The van der Waals surface area contributed by atoms with Crippen molar-refractivity contribution >= 4 is 28.3 Å². The largest absolute Gasteiger partial charge is 0.382 e. The first-order valence-electron chi connectivity index (χ1n) is 7.88. The van der Waals surface area contributed by atoms with Gasteiger partial charge >= 0.3 is 0 Å². The molecule has 4 N–H and O–H groups in total. The molecule has 1 heterocycles. The second-order valence-corrected chi connectivity index (χ2v) is 7.83. The minimum Gasteiger partial charge on any atom is -0.382 e. The van der Waals surface area contributed by atoms with Gasteiger partial charge in [-0.15, -0.1) is 0 Å². The lowest BCUT2D eigenvalue weighted by atomic mass is 10.0. The molecule has 4 rings (SSSR count). The van der Waals surface area contributed by atoms with Crippen molar-refractivity contribution < 1.29 is 4.79 Å². The minimum absolute atomic E-state index is 0.0980. The Kier molecular flexibility index (Phi) is 2.93. The fourth-order valence-corrected chi connectivity index (χ4v) is 5.38. The number of aromatic nitrogens is 1. The lowest BCUT2D eigenvalue weighted by molar-refractivity contribution is 0.0945. The third kappa shape index (κ3) is 2.03. The van der Waals surface area contributed by atoms with E-state index in [0.717, 1.165) is 28.7 Å². The predicted octanol–water partition coefficient (Wildman–Crippen LogP) is 2.32. The lowest BCUT2D eigenvalue weighted by Gasteiger charge is -2.13. The maximum Gasteiger partial charge on any atom is 0.258 e. The molecule has 0 aliphatic heterocycles. The number of rotatable bonds is 4. The molecule has 0 saturated heterocycles. The van der Waals surface area contributed by atoms with Crippen LogP contribution in [-0.2, 0) is 0 Å². The van der Waals surface area contributed by atoms with E-state index in [4.69, 9.17) is 5.73 Å². The van der Waals surface area contributed by atoms with Crippen molar-refractivity contribution in [2.75, 3.05) is 11.1 Å². The molecule has 114 valence electrons. The molecule has 4 atom stereocenters.